The van der Waals surface area contributed by atoms with Gasteiger partial charge in [0.15, 0.2) is 6.61 Å². The van der Waals surface area contributed by atoms with E-state index in [0.29, 0.717) is 25.3 Å². The van der Waals surface area contributed by atoms with Crippen molar-refractivity contribution in [3.05, 3.63) is 30.1 Å². The predicted molar refractivity (Wildman–Crippen MR) is 84.6 cm³/mol. The standard InChI is InChI=1S/C17H23FN2O3/c18-14-6-8-15(9-7-14)23-13-16(21)19-10-4-12-20-11-3-1-2-5-17(20)22/h6-9H,1-5,10-13H2,(H,19,21). The molecule has 5 nitrogen and oxygen atoms in total. The Morgan fingerprint density at radius 1 is 1.22 bits per heavy atom. The molecule has 0 radical (unpaired) electrons. The molecule has 126 valence electrons. The third-order valence-electron chi connectivity index (χ3n) is 3.78. The van der Waals surface area contributed by atoms with E-state index in [4.69, 9.17) is 4.74 Å². The van der Waals surface area contributed by atoms with Gasteiger partial charge in [0, 0.05) is 26.1 Å². The lowest BCUT2D eigenvalue weighted by atomic mass is 10.2. The van der Waals surface area contributed by atoms with Crippen molar-refractivity contribution in [1.82, 2.24) is 10.2 Å². The largest absolute Gasteiger partial charge is 0.484 e. The van der Waals surface area contributed by atoms with E-state index in [9.17, 15) is 14.0 Å². The van der Waals surface area contributed by atoms with Gasteiger partial charge in [-0.25, -0.2) is 4.39 Å². The van der Waals surface area contributed by atoms with E-state index in [-0.39, 0.29) is 24.2 Å². The highest BCUT2D eigenvalue weighted by molar-refractivity contribution is 5.77. The third-order valence-corrected chi connectivity index (χ3v) is 3.78. The number of nitrogens with one attached hydrogen (secondary N) is 1. The Balaban J connectivity index is 1.59. The molecule has 0 aromatic heterocycles. The number of benzene rings is 1. The molecule has 1 aliphatic rings. The summed E-state index contributed by atoms with van der Waals surface area (Å²) in [7, 11) is 0. The van der Waals surface area contributed by atoms with Gasteiger partial charge in [-0.2, -0.15) is 0 Å². The summed E-state index contributed by atoms with van der Waals surface area (Å²) in [4.78, 5) is 25.4. The Kier molecular flexibility index (Phi) is 6.84. The Bertz CT molecular complexity index is 519. The van der Waals surface area contributed by atoms with Gasteiger partial charge in [-0.15, -0.1) is 0 Å². The number of likely N-dealkylation sites (tertiary alicyclic amines) is 1. The lowest BCUT2D eigenvalue weighted by molar-refractivity contribution is -0.130. The van der Waals surface area contributed by atoms with Gasteiger partial charge in [-0.1, -0.05) is 6.42 Å². The second kappa shape index (κ2) is 9.12. The molecule has 0 unspecified atom stereocenters. The van der Waals surface area contributed by atoms with Crippen LogP contribution in [0.5, 0.6) is 5.75 Å². The monoisotopic (exact) mass is 322 g/mol. The summed E-state index contributed by atoms with van der Waals surface area (Å²) in [5.41, 5.74) is 0. The second-order valence-electron chi connectivity index (χ2n) is 5.64. The maximum atomic E-state index is 12.7. The number of rotatable bonds is 7. The number of amides is 2. The summed E-state index contributed by atoms with van der Waals surface area (Å²) in [6.07, 6.45) is 4.52. The molecule has 0 bridgehead atoms. The maximum absolute atomic E-state index is 12.7. The summed E-state index contributed by atoms with van der Waals surface area (Å²) in [6, 6.07) is 5.53. The van der Waals surface area contributed by atoms with Gasteiger partial charge < -0.3 is 15.0 Å². The Morgan fingerprint density at radius 2 is 2.00 bits per heavy atom. The number of carbonyl (C=O) groups is 2. The molecule has 1 N–H and O–H groups in total. The van der Waals surface area contributed by atoms with Gasteiger partial charge in [0.2, 0.25) is 5.91 Å². The van der Waals surface area contributed by atoms with Crippen LogP contribution in [0.3, 0.4) is 0 Å². The zero-order chi connectivity index (χ0) is 16.5. The van der Waals surface area contributed by atoms with E-state index < -0.39 is 0 Å². The van der Waals surface area contributed by atoms with Crippen molar-refractivity contribution in [3.8, 4) is 5.75 Å². The first-order valence-electron chi connectivity index (χ1n) is 8.08. The average Bonchev–Trinajstić information content (AvgIpc) is 2.75. The van der Waals surface area contributed by atoms with Crippen molar-refractivity contribution in [2.24, 2.45) is 0 Å². The van der Waals surface area contributed by atoms with E-state index in [2.05, 4.69) is 5.32 Å². The number of carbonyl (C=O) groups excluding carboxylic acids is 2. The van der Waals surface area contributed by atoms with Crippen molar-refractivity contribution in [2.45, 2.75) is 32.1 Å². The number of hydrogen-bond donors (Lipinski definition) is 1. The van der Waals surface area contributed by atoms with Gasteiger partial charge >= 0.3 is 0 Å². The molecule has 6 heteroatoms. The number of halogens is 1. The van der Waals surface area contributed by atoms with Crippen LogP contribution >= 0.6 is 0 Å². The van der Waals surface area contributed by atoms with E-state index in [1.807, 2.05) is 4.90 Å². The summed E-state index contributed by atoms with van der Waals surface area (Å²) in [5.74, 6) is 0.103. The van der Waals surface area contributed by atoms with Crippen LogP contribution in [0, 0.1) is 5.82 Å². The lowest BCUT2D eigenvalue weighted by Crippen LogP contribution is -2.35. The predicted octanol–water partition coefficient (Wildman–Crippen LogP) is 2.11. The number of ether oxygens (including phenoxy) is 1. The molecular weight excluding hydrogens is 299 g/mol. The summed E-state index contributed by atoms with van der Waals surface area (Å²) < 4.78 is 18.0. The first-order chi connectivity index (χ1) is 11.1. The van der Waals surface area contributed by atoms with Crippen LogP contribution < -0.4 is 10.1 Å². The van der Waals surface area contributed by atoms with Gasteiger partial charge in [-0.05, 0) is 43.5 Å². The summed E-state index contributed by atoms with van der Waals surface area (Å²) in [6.45, 7) is 1.90. The highest BCUT2D eigenvalue weighted by Crippen LogP contribution is 2.11. The van der Waals surface area contributed by atoms with Crippen molar-refractivity contribution in [1.29, 1.82) is 0 Å². The summed E-state index contributed by atoms with van der Waals surface area (Å²) >= 11 is 0. The molecule has 1 aromatic rings. The Labute approximate surface area is 135 Å². The topological polar surface area (TPSA) is 58.6 Å². The molecule has 1 aromatic carbocycles. The van der Waals surface area contributed by atoms with E-state index in [0.717, 1.165) is 32.2 Å². The van der Waals surface area contributed by atoms with Crippen LogP contribution in [-0.4, -0.2) is 43.0 Å². The minimum Gasteiger partial charge on any atom is -0.484 e. The van der Waals surface area contributed by atoms with E-state index in [1.165, 1.54) is 24.3 Å². The third kappa shape index (κ3) is 6.26. The second-order valence-corrected chi connectivity index (χ2v) is 5.64. The van der Waals surface area contributed by atoms with Crippen molar-refractivity contribution in [2.75, 3.05) is 26.2 Å². The van der Waals surface area contributed by atoms with Crippen LogP contribution in [-0.2, 0) is 9.59 Å². The molecule has 2 rings (SSSR count). The highest BCUT2D eigenvalue weighted by atomic mass is 19.1. The zero-order valence-corrected chi connectivity index (χ0v) is 13.2. The molecule has 0 spiro atoms. The molecule has 1 aliphatic heterocycles. The maximum Gasteiger partial charge on any atom is 0.257 e. The van der Waals surface area contributed by atoms with E-state index in [1.54, 1.807) is 0 Å². The highest BCUT2D eigenvalue weighted by Gasteiger charge is 2.15. The fraction of sp³-hybridized carbons (Fsp3) is 0.529. The van der Waals surface area contributed by atoms with Crippen molar-refractivity contribution >= 4 is 11.8 Å². The zero-order valence-electron chi connectivity index (χ0n) is 13.2. The molecule has 2 amide bonds. The minimum absolute atomic E-state index is 0.103. The quantitative estimate of drug-likeness (QED) is 0.782. The SMILES string of the molecule is O=C(COc1ccc(F)cc1)NCCCN1CCCCCC1=O. The van der Waals surface area contributed by atoms with Crippen LogP contribution in [0.1, 0.15) is 32.1 Å². The van der Waals surface area contributed by atoms with Crippen LogP contribution in [0.4, 0.5) is 4.39 Å². The van der Waals surface area contributed by atoms with E-state index >= 15 is 0 Å². The number of hydrogen-bond acceptors (Lipinski definition) is 3. The Morgan fingerprint density at radius 3 is 2.78 bits per heavy atom. The first kappa shape index (κ1) is 17.2. The average molecular weight is 322 g/mol. The molecule has 1 saturated heterocycles. The molecule has 1 fully saturated rings. The van der Waals surface area contributed by atoms with Gasteiger partial charge in [0.05, 0.1) is 0 Å². The number of nitrogens with zero attached hydrogens (tertiary/aromatic N) is 1. The van der Waals surface area contributed by atoms with Gasteiger partial charge in [-0.3, -0.25) is 9.59 Å². The molecule has 0 atom stereocenters. The molecule has 0 aliphatic carbocycles. The van der Waals surface area contributed by atoms with Gasteiger partial charge in [0.25, 0.3) is 5.91 Å². The van der Waals surface area contributed by atoms with Crippen molar-refractivity contribution < 1.29 is 18.7 Å². The van der Waals surface area contributed by atoms with Crippen molar-refractivity contribution in [3.63, 3.8) is 0 Å². The van der Waals surface area contributed by atoms with Gasteiger partial charge in [0.1, 0.15) is 11.6 Å². The molecule has 0 saturated carbocycles. The molecular formula is C17H23FN2O3. The molecule has 1 heterocycles. The lowest BCUT2D eigenvalue weighted by Gasteiger charge is -2.20. The Hall–Kier alpha value is -2.11. The normalized spacial score (nSPS) is 15.2. The fourth-order valence-electron chi connectivity index (χ4n) is 2.50. The van der Waals surface area contributed by atoms with Crippen LogP contribution in [0.15, 0.2) is 24.3 Å². The fourth-order valence-corrected chi connectivity index (χ4v) is 2.50. The minimum atomic E-state index is -0.343. The first-order valence-corrected chi connectivity index (χ1v) is 8.08. The van der Waals surface area contributed by atoms with Crippen LogP contribution in [0.25, 0.3) is 0 Å². The molecule has 23 heavy (non-hydrogen) atoms. The van der Waals surface area contributed by atoms with Crippen LogP contribution in [0.2, 0.25) is 0 Å². The smallest absolute Gasteiger partial charge is 0.257 e. The summed E-state index contributed by atoms with van der Waals surface area (Å²) in [5, 5.41) is 2.76.